The van der Waals surface area contributed by atoms with E-state index in [4.69, 9.17) is 0 Å². The Morgan fingerprint density at radius 3 is 2.76 bits per heavy atom. The first-order chi connectivity index (χ1) is 11.8. The van der Waals surface area contributed by atoms with E-state index in [0.717, 1.165) is 10.1 Å². The summed E-state index contributed by atoms with van der Waals surface area (Å²) in [5.41, 5.74) is 0.0713. The quantitative estimate of drug-likeness (QED) is 0.639. The number of hydrogen-bond donors (Lipinski definition) is 3. The van der Waals surface area contributed by atoms with Crippen molar-refractivity contribution in [3.8, 4) is 0 Å². The highest BCUT2D eigenvalue weighted by atomic mass is 16.3. The summed E-state index contributed by atoms with van der Waals surface area (Å²) in [6.45, 7) is 0. The van der Waals surface area contributed by atoms with Crippen LogP contribution in [0.1, 0.15) is 30.0 Å². The molecule has 1 saturated carbocycles. The van der Waals surface area contributed by atoms with Gasteiger partial charge in [-0.3, -0.25) is 18.8 Å². The van der Waals surface area contributed by atoms with Crippen LogP contribution in [0.5, 0.6) is 0 Å². The van der Waals surface area contributed by atoms with Crippen LogP contribution in [0, 0.1) is 5.92 Å². The molecule has 25 heavy (non-hydrogen) atoms. The molecule has 1 amide bonds. The molecule has 9 heteroatoms. The molecule has 9 nitrogen and oxygen atoms in total. The van der Waals surface area contributed by atoms with Gasteiger partial charge in [0.15, 0.2) is 0 Å². The van der Waals surface area contributed by atoms with Crippen LogP contribution < -0.4 is 16.6 Å². The molecule has 1 atom stereocenters. The molecule has 1 aliphatic rings. The Bertz CT molecular complexity index is 890. The molecule has 1 fully saturated rings. The van der Waals surface area contributed by atoms with E-state index in [-0.39, 0.29) is 36.0 Å². The minimum Gasteiger partial charge on any atom is -0.393 e. The summed E-state index contributed by atoms with van der Waals surface area (Å²) in [5.74, 6) is -0.194. The number of aromatic nitrogens is 4. The second-order valence-corrected chi connectivity index (χ2v) is 6.54. The number of hydrogen-bond acceptors (Lipinski definition) is 5. The molecule has 0 aliphatic heterocycles. The van der Waals surface area contributed by atoms with Crippen molar-refractivity contribution in [2.45, 2.75) is 31.4 Å². The molecule has 3 N–H and O–H groups in total. The molecule has 2 aromatic heterocycles. The fourth-order valence-electron chi connectivity index (χ4n) is 3.12. The van der Waals surface area contributed by atoms with Gasteiger partial charge in [0.1, 0.15) is 0 Å². The maximum Gasteiger partial charge on any atom is 0.328 e. The molecule has 2 heterocycles. The molecule has 0 spiro atoms. The number of amides is 1. The van der Waals surface area contributed by atoms with Gasteiger partial charge in [0.25, 0.3) is 5.56 Å². The van der Waals surface area contributed by atoms with E-state index in [2.05, 4.69) is 15.4 Å². The van der Waals surface area contributed by atoms with E-state index in [1.807, 2.05) is 6.20 Å². The third kappa shape index (κ3) is 3.55. The van der Waals surface area contributed by atoms with E-state index in [9.17, 15) is 19.5 Å². The number of H-pyrrole nitrogens is 1. The number of aryl methyl sites for hydroxylation is 1. The molecule has 1 unspecified atom stereocenters. The van der Waals surface area contributed by atoms with Crippen molar-refractivity contribution >= 4 is 5.91 Å². The minimum absolute atomic E-state index is 0.126. The smallest absolute Gasteiger partial charge is 0.328 e. The average molecular weight is 347 g/mol. The van der Waals surface area contributed by atoms with E-state index in [1.165, 1.54) is 13.2 Å². The van der Waals surface area contributed by atoms with Crippen LogP contribution in [0.15, 0.2) is 28.2 Å². The van der Waals surface area contributed by atoms with Crippen LogP contribution in [0.3, 0.4) is 0 Å². The fourth-order valence-corrected chi connectivity index (χ4v) is 3.12. The van der Waals surface area contributed by atoms with Gasteiger partial charge in [-0.15, -0.1) is 0 Å². The average Bonchev–Trinajstić information content (AvgIpc) is 2.97. The highest BCUT2D eigenvalue weighted by molar-refractivity contribution is 5.78. The van der Waals surface area contributed by atoms with Gasteiger partial charge in [-0.25, -0.2) is 4.79 Å². The molecule has 0 radical (unpaired) electrons. The van der Waals surface area contributed by atoms with Crippen LogP contribution in [-0.4, -0.2) is 36.4 Å². The van der Waals surface area contributed by atoms with Gasteiger partial charge in [0.2, 0.25) is 5.91 Å². The lowest BCUT2D eigenvalue weighted by molar-refractivity contribution is -0.122. The van der Waals surface area contributed by atoms with Gasteiger partial charge in [-0.2, -0.15) is 5.10 Å². The first kappa shape index (κ1) is 17.2. The second kappa shape index (κ2) is 6.67. The maximum absolute atomic E-state index is 12.4. The molecular formula is C16H21N5O4. The Balaban J connectivity index is 1.76. The SMILES string of the molecule is Cn1cc(C(NC(=O)Cc2c[nH]c(=O)n(C)c2=O)C2CC(O)C2)cn1. The normalized spacial score (nSPS) is 20.8. The molecule has 0 bridgehead atoms. The van der Waals surface area contributed by atoms with Crippen molar-refractivity contribution in [3.05, 3.63) is 50.6 Å². The molecular weight excluding hydrogens is 326 g/mol. The number of nitrogens with zero attached hydrogens (tertiary/aromatic N) is 3. The summed E-state index contributed by atoms with van der Waals surface area (Å²) in [7, 11) is 3.15. The van der Waals surface area contributed by atoms with Crippen LogP contribution >= 0.6 is 0 Å². The predicted octanol–water partition coefficient (Wildman–Crippen LogP) is -1.02. The standard InChI is InChI=1S/C16H21N5O4/c1-20-8-11(7-18-20)14(9-3-12(22)4-9)19-13(23)5-10-6-17-16(25)21(2)15(10)24/h6-9,12,14,22H,3-5H2,1-2H3,(H,17,25)(H,19,23). The number of aliphatic hydroxyl groups is 1. The van der Waals surface area contributed by atoms with Gasteiger partial charge in [0, 0.05) is 37.6 Å². The van der Waals surface area contributed by atoms with Gasteiger partial charge in [-0.1, -0.05) is 0 Å². The summed E-state index contributed by atoms with van der Waals surface area (Å²) < 4.78 is 2.59. The zero-order valence-electron chi connectivity index (χ0n) is 14.1. The highest BCUT2D eigenvalue weighted by Crippen LogP contribution is 2.37. The molecule has 1 aliphatic carbocycles. The van der Waals surface area contributed by atoms with E-state index < -0.39 is 11.2 Å². The van der Waals surface area contributed by atoms with Crippen molar-refractivity contribution in [3.63, 3.8) is 0 Å². The number of aliphatic hydroxyl groups excluding tert-OH is 1. The number of carbonyl (C=O) groups is 1. The van der Waals surface area contributed by atoms with Crippen LogP contribution in [0.2, 0.25) is 0 Å². The Morgan fingerprint density at radius 1 is 1.44 bits per heavy atom. The monoisotopic (exact) mass is 347 g/mol. The van der Waals surface area contributed by atoms with Crippen LogP contribution in [-0.2, 0) is 25.3 Å². The highest BCUT2D eigenvalue weighted by Gasteiger charge is 2.36. The second-order valence-electron chi connectivity index (χ2n) is 6.54. The van der Waals surface area contributed by atoms with Crippen LogP contribution in [0.4, 0.5) is 0 Å². The maximum atomic E-state index is 12.4. The molecule has 0 aromatic carbocycles. The molecule has 134 valence electrons. The predicted molar refractivity (Wildman–Crippen MR) is 88.8 cm³/mol. The van der Waals surface area contributed by atoms with E-state index >= 15 is 0 Å². The summed E-state index contributed by atoms with van der Waals surface area (Å²) >= 11 is 0. The summed E-state index contributed by atoms with van der Waals surface area (Å²) in [4.78, 5) is 38.3. The zero-order chi connectivity index (χ0) is 18.1. The van der Waals surface area contributed by atoms with Crippen molar-refractivity contribution in [2.75, 3.05) is 0 Å². The lowest BCUT2D eigenvalue weighted by Crippen LogP contribution is -2.42. The number of nitrogens with one attached hydrogen (secondary N) is 2. The summed E-state index contributed by atoms with van der Waals surface area (Å²) in [5, 5.41) is 16.6. The Hall–Kier alpha value is -2.68. The molecule has 3 rings (SSSR count). The van der Waals surface area contributed by atoms with Crippen molar-refractivity contribution in [2.24, 2.45) is 20.0 Å². The van der Waals surface area contributed by atoms with Gasteiger partial charge in [0.05, 0.1) is 24.8 Å². The minimum atomic E-state index is -0.522. The Morgan fingerprint density at radius 2 is 2.16 bits per heavy atom. The molecule has 2 aromatic rings. The van der Waals surface area contributed by atoms with Gasteiger partial charge in [-0.05, 0) is 18.8 Å². The third-order valence-corrected chi connectivity index (χ3v) is 4.63. The van der Waals surface area contributed by atoms with Gasteiger partial charge < -0.3 is 15.4 Å². The van der Waals surface area contributed by atoms with Crippen molar-refractivity contribution in [1.29, 1.82) is 0 Å². The van der Waals surface area contributed by atoms with E-state index in [0.29, 0.717) is 12.8 Å². The van der Waals surface area contributed by atoms with Gasteiger partial charge >= 0.3 is 5.69 Å². The Labute approximate surface area is 143 Å². The third-order valence-electron chi connectivity index (χ3n) is 4.63. The summed E-state index contributed by atoms with van der Waals surface area (Å²) in [6, 6.07) is -0.267. The van der Waals surface area contributed by atoms with Crippen molar-refractivity contribution in [1.82, 2.24) is 24.6 Å². The topological polar surface area (TPSA) is 122 Å². The van der Waals surface area contributed by atoms with E-state index in [1.54, 1.807) is 17.9 Å². The first-order valence-corrected chi connectivity index (χ1v) is 8.08. The molecule has 0 saturated heterocycles. The summed E-state index contributed by atoms with van der Waals surface area (Å²) in [6.07, 6.45) is 5.54. The van der Waals surface area contributed by atoms with Crippen molar-refractivity contribution < 1.29 is 9.90 Å². The number of rotatable bonds is 5. The lowest BCUT2D eigenvalue weighted by Gasteiger charge is -2.37. The lowest BCUT2D eigenvalue weighted by atomic mass is 9.75. The largest absolute Gasteiger partial charge is 0.393 e. The number of aromatic amines is 1. The fraction of sp³-hybridized carbons (Fsp3) is 0.500. The zero-order valence-corrected chi connectivity index (χ0v) is 14.1. The first-order valence-electron chi connectivity index (χ1n) is 8.08. The van der Waals surface area contributed by atoms with Crippen LogP contribution in [0.25, 0.3) is 0 Å². The number of carbonyl (C=O) groups excluding carboxylic acids is 1. The Kier molecular flexibility index (Phi) is 4.58.